The maximum absolute atomic E-state index is 6.28. The molecule has 0 radical (unpaired) electrons. The molecule has 0 amide bonds. The van der Waals surface area contributed by atoms with Crippen molar-refractivity contribution in [1.29, 1.82) is 0 Å². The Kier molecular flexibility index (Phi) is 4.18. The minimum Gasteiger partial charge on any atom is -0.490 e. The molecule has 0 spiro atoms. The molecule has 3 heteroatoms. The van der Waals surface area contributed by atoms with Crippen LogP contribution in [0.4, 0.5) is 0 Å². The lowest BCUT2D eigenvalue weighted by atomic mass is 9.96. The van der Waals surface area contributed by atoms with Gasteiger partial charge in [0.25, 0.3) is 0 Å². The number of hydrogen-bond donors (Lipinski definition) is 1. The molecule has 110 valence electrons. The average molecular weight is 302 g/mol. The minimum atomic E-state index is 0.256. The monoisotopic (exact) mass is 301 g/mol. The highest BCUT2D eigenvalue weighted by molar-refractivity contribution is 6.31. The van der Waals surface area contributed by atoms with Gasteiger partial charge in [-0.2, -0.15) is 0 Å². The molecule has 0 fully saturated rings. The fourth-order valence-corrected chi connectivity index (χ4v) is 3.14. The number of rotatable bonds is 4. The third-order valence-electron chi connectivity index (χ3n) is 4.05. The lowest BCUT2D eigenvalue weighted by molar-refractivity contribution is 0.254. The van der Waals surface area contributed by atoms with Crippen LogP contribution in [-0.2, 0) is 12.8 Å². The number of nitrogens with one attached hydrogen (secondary N) is 1. The highest BCUT2D eigenvalue weighted by Crippen LogP contribution is 2.32. The Labute approximate surface area is 131 Å². The third kappa shape index (κ3) is 3.07. The van der Waals surface area contributed by atoms with Gasteiger partial charge in [-0.05, 0) is 49.2 Å². The Hall–Kier alpha value is -1.51. The summed E-state index contributed by atoms with van der Waals surface area (Å²) in [5.74, 6) is 1.03. The van der Waals surface area contributed by atoms with Crippen molar-refractivity contribution in [1.82, 2.24) is 5.32 Å². The van der Waals surface area contributed by atoms with Crippen LogP contribution in [0.2, 0.25) is 5.02 Å². The molecular formula is C18H20ClNO. The van der Waals surface area contributed by atoms with Crippen LogP contribution in [0.1, 0.15) is 29.7 Å². The molecule has 1 aliphatic rings. The van der Waals surface area contributed by atoms with Crippen molar-refractivity contribution in [3.8, 4) is 5.75 Å². The Bertz CT molecular complexity index is 641. The van der Waals surface area contributed by atoms with E-state index in [9.17, 15) is 0 Å². The van der Waals surface area contributed by atoms with Crippen molar-refractivity contribution in [2.75, 3.05) is 7.05 Å². The van der Waals surface area contributed by atoms with Crippen LogP contribution < -0.4 is 10.1 Å². The second-order valence-corrected chi connectivity index (χ2v) is 6.04. The highest BCUT2D eigenvalue weighted by Gasteiger charge is 2.21. The molecule has 21 heavy (non-hydrogen) atoms. The van der Waals surface area contributed by atoms with E-state index in [2.05, 4.69) is 36.5 Å². The maximum Gasteiger partial charge on any atom is 0.123 e. The van der Waals surface area contributed by atoms with E-state index in [0.29, 0.717) is 0 Å². The summed E-state index contributed by atoms with van der Waals surface area (Å²) in [6, 6.07) is 14.8. The van der Waals surface area contributed by atoms with Crippen molar-refractivity contribution in [2.45, 2.75) is 31.9 Å². The van der Waals surface area contributed by atoms with E-state index < -0.39 is 0 Å². The van der Waals surface area contributed by atoms with Crippen LogP contribution >= 0.6 is 11.6 Å². The molecule has 2 nitrogen and oxygen atoms in total. The van der Waals surface area contributed by atoms with Gasteiger partial charge in [-0.15, -0.1) is 0 Å². The van der Waals surface area contributed by atoms with Crippen LogP contribution in [-0.4, -0.2) is 13.2 Å². The molecule has 2 aromatic carbocycles. The number of ether oxygens (including phenoxy) is 1. The first kappa shape index (κ1) is 14.4. The fourth-order valence-electron chi connectivity index (χ4n) is 2.93. The summed E-state index contributed by atoms with van der Waals surface area (Å²) in [6.45, 7) is 2.11. The lowest BCUT2D eigenvalue weighted by Crippen LogP contribution is -2.19. The summed E-state index contributed by atoms with van der Waals surface area (Å²) < 4.78 is 5.77. The van der Waals surface area contributed by atoms with Gasteiger partial charge in [-0.1, -0.05) is 41.9 Å². The summed E-state index contributed by atoms with van der Waals surface area (Å²) in [5, 5.41) is 4.23. The zero-order valence-electron chi connectivity index (χ0n) is 12.4. The summed E-state index contributed by atoms with van der Waals surface area (Å²) in [6.07, 6.45) is 2.16. The van der Waals surface area contributed by atoms with E-state index in [1.54, 1.807) is 0 Å². The first-order valence-corrected chi connectivity index (χ1v) is 7.75. The Morgan fingerprint density at radius 3 is 2.86 bits per heavy atom. The molecule has 2 unspecified atom stereocenters. The zero-order chi connectivity index (χ0) is 14.8. The molecule has 1 heterocycles. The number of hydrogen-bond acceptors (Lipinski definition) is 2. The normalized spacial score (nSPS) is 18.1. The molecule has 2 atom stereocenters. The van der Waals surface area contributed by atoms with Gasteiger partial charge < -0.3 is 10.1 Å². The molecule has 1 N–H and O–H groups in total. The van der Waals surface area contributed by atoms with Gasteiger partial charge in [-0.25, -0.2) is 0 Å². The van der Waals surface area contributed by atoms with Crippen LogP contribution in [0.3, 0.4) is 0 Å². The Balaban J connectivity index is 1.84. The average Bonchev–Trinajstić information content (AvgIpc) is 2.85. The quantitative estimate of drug-likeness (QED) is 0.915. The van der Waals surface area contributed by atoms with E-state index in [0.717, 1.165) is 23.6 Å². The largest absolute Gasteiger partial charge is 0.490 e. The molecule has 0 saturated heterocycles. The number of halogens is 1. The summed E-state index contributed by atoms with van der Waals surface area (Å²) in [4.78, 5) is 0. The highest BCUT2D eigenvalue weighted by atomic mass is 35.5. The van der Waals surface area contributed by atoms with Crippen molar-refractivity contribution >= 4 is 11.6 Å². The van der Waals surface area contributed by atoms with Crippen LogP contribution in [0.5, 0.6) is 5.75 Å². The molecule has 0 aromatic heterocycles. The molecule has 3 rings (SSSR count). The van der Waals surface area contributed by atoms with E-state index in [1.807, 2.05) is 25.2 Å². The second kappa shape index (κ2) is 6.08. The molecule has 0 bridgehead atoms. The maximum atomic E-state index is 6.28. The first-order chi connectivity index (χ1) is 10.2. The van der Waals surface area contributed by atoms with Crippen LogP contribution in [0.15, 0.2) is 42.5 Å². The van der Waals surface area contributed by atoms with Crippen LogP contribution in [0.25, 0.3) is 0 Å². The third-order valence-corrected chi connectivity index (χ3v) is 4.42. The van der Waals surface area contributed by atoms with E-state index in [4.69, 9.17) is 16.3 Å². The number of likely N-dealkylation sites (N-methyl/N-ethyl adjacent to an activating group) is 1. The SMILES string of the molecule is CNC(Cc1ccccc1Cl)c1ccc2c(c1)CC(C)O2. The van der Waals surface area contributed by atoms with Crippen molar-refractivity contribution in [3.05, 3.63) is 64.2 Å². The minimum absolute atomic E-state index is 0.256. The van der Waals surface area contributed by atoms with Crippen LogP contribution in [0, 0.1) is 0 Å². The Morgan fingerprint density at radius 2 is 2.10 bits per heavy atom. The van der Waals surface area contributed by atoms with Gasteiger partial charge in [0, 0.05) is 17.5 Å². The molecule has 2 aromatic rings. The van der Waals surface area contributed by atoms with Crippen molar-refractivity contribution < 1.29 is 4.74 Å². The van der Waals surface area contributed by atoms with Crippen molar-refractivity contribution in [3.63, 3.8) is 0 Å². The summed E-state index contributed by atoms with van der Waals surface area (Å²) in [7, 11) is 1.99. The molecule has 0 aliphatic carbocycles. The molecular weight excluding hydrogens is 282 g/mol. The standard InChI is InChI=1S/C18H20ClNO/c1-12-9-15-10-14(7-8-18(15)21-12)17(20-2)11-13-5-3-4-6-16(13)19/h3-8,10,12,17,20H,9,11H2,1-2H3. The lowest BCUT2D eigenvalue weighted by Gasteiger charge is -2.18. The summed E-state index contributed by atoms with van der Waals surface area (Å²) >= 11 is 6.28. The van der Waals surface area contributed by atoms with Crippen molar-refractivity contribution in [2.24, 2.45) is 0 Å². The smallest absolute Gasteiger partial charge is 0.123 e. The molecule has 0 saturated carbocycles. The number of benzene rings is 2. The fraction of sp³-hybridized carbons (Fsp3) is 0.333. The van der Waals surface area contributed by atoms with Gasteiger partial charge in [0.05, 0.1) is 0 Å². The number of fused-ring (bicyclic) bond motifs is 1. The topological polar surface area (TPSA) is 21.3 Å². The van der Waals surface area contributed by atoms with E-state index in [1.165, 1.54) is 16.7 Å². The van der Waals surface area contributed by atoms with Gasteiger partial charge in [-0.3, -0.25) is 0 Å². The van der Waals surface area contributed by atoms with E-state index >= 15 is 0 Å². The predicted molar refractivity (Wildman–Crippen MR) is 87.2 cm³/mol. The predicted octanol–water partition coefficient (Wildman–Crippen LogP) is 4.17. The van der Waals surface area contributed by atoms with Gasteiger partial charge in [0.15, 0.2) is 0 Å². The van der Waals surface area contributed by atoms with Gasteiger partial charge in [0.2, 0.25) is 0 Å². The first-order valence-electron chi connectivity index (χ1n) is 7.37. The Morgan fingerprint density at radius 1 is 1.29 bits per heavy atom. The molecule has 1 aliphatic heterocycles. The van der Waals surface area contributed by atoms with Gasteiger partial charge in [0.1, 0.15) is 11.9 Å². The summed E-state index contributed by atoms with van der Waals surface area (Å²) in [5.41, 5.74) is 3.76. The van der Waals surface area contributed by atoms with E-state index in [-0.39, 0.29) is 12.1 Å². The second-order valence-electron chi connectivity index (χ2n) is 5.64. The zero-order valence-corrected chi connectivity index (χ0v) is 13.2. The van der Waals surface area contributed by atoms with Gasteiger partial charge >= 0.3 is 0 Å².